The summed E-state index contributed by atoms with van der Waals surface area (Å²) < 4.78 is 0. The van der Waals surface area contributed by atoms with Crippen molar-refractivity contribution in [3.05, 3.63) is 35.4 Å². The molecule has 2 heteroatoms. The molecule has 1 aromatic rings. The third-order valence-corrected chi connectivity index (χ3v) is 1.96. The smallest absolute Gasteiger partial charge is 0.0390 e. The maximum Gasteiger partial charge on any atom is 0.0390 e. The van der Waals surface area contributed by atoms with Crippen molar-refractivity contribution in [2.75, 3.05) is 19.3 Å². The molecule has 3 N–H and O–H groups in total. The van der Waals surface area contributed by atoms with Gasteiger partial charge in [-0.15, -0.1) is 0 Å². The van der Waals surface area contributed by atoms with Crippen LogP contribution in [0.2, 0.25) is 0 Å². The van der Waals surface area contributed by atoms with E-state index >= 15 is 0 Å². The van der Waals surface area contributed by atoms with Crippen LogP contribution in [0.3, 0.4) is 0 Å². The maximum absolute atomic E-state index is 5.83. The summed E-state index contributed by atoms with van der Waals surface area (Å²) in [6, 6.07) is 5.96. The van der Waals surface area contributed by atoms with E-state index in [-0.39, 0.29) is 0 Å². The molecule has 0 bridgehead atoms. The van der Waals surface area contributed by atoms with Crippen molar-refractivity contribution in [3.8, 4) is 0 Å². The first-order valence-corrected chi connectivity index (χ1v) is 4.42. The van der Waals surface area contributed by atoms with E-state index in [0.717, 1.165) is 17.8 Å². The average molecular weight is 176 g/mol. The molecule has 0 aliphatic rings. The van der Waals surface area contributed by atoms with E-state index in [2.05, 4.69) is 30.5 Å². The molecular weight excluding hydrogens is 160 g/mol. The second kappa shape index (κ2) is 4.67. The van der Waals surface area contributed by atoms with Crippen molar-refractivity contribution in [1.82, 2.24) is 5.32 Å². The molecule has 0 fully saturated rings. The molecule has 0 saturated heterocycles. The van der Waals surface area contributed by atoms with Crippen molar-refractivity contribution >= 4 is 11.8 Å². The minimum atomic E-state index is 0.840. The molecule has 0 aliphatic heterocycles. The average Bonchev–Trinajstić information content (AvgIpc) is 2.10. The lowest BCUT2D eigenvalue weighted by Gasteiger charge is -2.03. The van der Waals surface area contributed by atoms with Crippen LogP contribution >= 0.6 is 0 Å². The van der Waals surface area contributed by atoms with Gasteiger partial charge in [-0.25, -0.2) is 0 Å². The normalized spacial score (nSPS) is 10.9. The number of rotatable bonds is 3. The van der Waals surface area contributed by atoms with E-state index in [1.54, 1.807) is 0 Å². The van der Waals surface area contributed by atoms with Crippen LogP contribution in [0.1, 0.15) is 11.1 Å². The van der Waals surface area contributed by atoms with E-state index in [4.69, 9.17) is 5.73 Å². The highest BCUT2D eigenvalue weighted by Crippen LogP contribution is 2.17. The van der Waals surface area contributed by atoms with E-state index < -0.39 is 0 Å². The highest BCUT2D eigenvalue weighted by Gasteiger charge is 1.96. The van der Waals surface area contributed by atoms with Crippen LogP contribution < -0.4 is 11.1 Å². The fourth-order valence-corrected chi connectivity index (χ4v) is 1.23. The molecule has 0 radical (unpaired) electrons. The lowest BCUT2D eigenvalue weighted by Crippen LogP contribution is -2.03. The number of benzene rings is 1. The van der Waals surface area contributed by atoms with Crippen molar-refractivity contribution < 1.29 is 0 Å². The maximum atomic E-state index is 5.83. The number of hydrogen-bond donors (Lipinski definition) is 2. The van der Waals surface area contributed by atoms with Crippen LogP contribution in [0, 0.1) is 6.92 Å². The van der Waals surface area contributed by atoms with Gasteiger partial charge in [0.25, 0.3) is 0 Å². The van der Waals surface area contributed by atoms with Gasteiger partial charge < -0.3 is 11.1 Å². The first kappa shape index (κ1) is 9.81. The summed E-state index contributed by atoms with van der Waals surface area (Å²) in [7, 11) is 1.92. The zero-order valence-corrected chi connectivity index (χ0v) is 8.17. The molecule has 0 amide bonds. The topological polar surface area (TPSA) is 38.0 Å². The molecule has 0 heterocycles. The number of nitrogens with two attached hydrogens (primary N) is 1. The predicted molar refractivity (Wildman–Crippen MR) is 58.6 cm³/mol. The van der Waals surface area contributed by atoms with Crippen LogP contribution in [0.5, 0.6) is 0 Å². The Labute approximate surface area is 79.5 Å². The van der Waals surface area contributed by atoms with Crippen LogP contribution in [0.4, 0.5) is 5.69 Å². The van der Waals surface area contributed by atoms with Crippen molar-refractivity contribution in [2.45, 2.75) is 6.92 Å². The van der Waals surface area contributed by atoms with E-state index in [1.165, 1.54) is 5.56 Å². The van der Waals surface area contributed by atoms with Crippen LogP contribution in [0.15, 0.2) is 24.3 Å². The monoisotopic (exact) mass is 176 g/mol. The van der Waals surface area contributed by atoms with Gasteiger partial charge in [-0.1, -0.05) is 24.3 Å². The quantitative estimate of drug-likeness (QED) is 0.689. The highest BCUT2D eigenvalue weighted by atomic mass is 14.8. The molecule has 1 aromatic carbocycles. The summed E-state index contributed by atoms with van der Waals surface area (Å²) >= 11 is 0. The molecule has 1 rings (SSSR count). The third kappa shape index (κ3) is 2.60. The second-order valence-corrected chi connectivity index (χ2v) is 3.04. The Morgan fingerprint density at radius 3 is 2.85 bits per heavy atom. The van der Waals surface area contributed by atoms with Crippen LogP contribution in [-0.2, 0) is 0 Å². The lowest BCUT2D eigenvalue weighted by molar-refractivity contribution is 0.922. The highest BCUT2D eigenvalue weighted by molar-refractivity contribution is 5.67. The van der Waals surface area contributed by atoms with Crippen molar-refractivity contribution in [2.24, 2.45) is 0 Å². The van der Waals surface area contributed by atoms with Gasteiger partial charge in [0.05, 0.1) is 0 Å². The summed E-state index contributed by atoms with van der Waals surface area (Å²) in [4.78, 5) is 0. The van der Waals surface area contributed by atoms with Gasteiger partial charge in [0.1, 0.15) is 0 Å². The van der Waals surface area contributed by atoms with E-state index in [0.29, 0.717) is 0 Å². The van der Waals surface area contributed by atoms with Crippen molar-refractivity contribution in [1.29, 1.82) is 0 Å². The van der Waals surface area contributed by atoms with Gasteiger partial charge in [-0.2, -0.15) is 0 Å². The lowest BCUT2D eigenvalue weighted by atomic mass is 10.1. The molecule has 0 unspecified atom stereocenters. The molecule has 0 atom stereocenters. The van der Waals surface area contributed by atoms with Gasteiger partial charge in [-0.3, -0.25) is 0 Å². The number of nitrogen functional groups attached to an aromatic ring is 1. The number of likely N-dealkylation sites (N-methyl/N-ethyl adjacent to an activating group) is 1. The molecule has 0 spiro atoms. The summed E-state index contributed by atoms with van der Waals surface area (Å²) in [5.41, 5.74) is 9.01. The molecular formula is C11H16N2. The molecule has 0 aliphatic carbocycles. The molecule has 0 aromatic heterocycles. The Balaban J connectivity index is 2.87. The van der Waals surface area contributed by atoms with E-state index in [9.17, 15) is 0 Å². The fraction of sp³-hybridized carbons (Fsp3) is 0.273. The third-order valence-electron chi connectivity index (χ3n) is 1.96. The largest absolute Gasteiger partial charge is 0.398 e. The second-order valence-electron chi connectivity index (χ2n) is 3.04. The van der Waals surface area contributed by atoms with Gasteiger partial charge >= 0.3 is 0 Å². The van der Waals surface area contributed by atoms with Crippen LogP contribution in [-0.4, -0.2) is 13.6 Å². The Morgan fingerprint density at radius 1 is 1.46 bits per heavy atom. The summed E-state index contributed by atoms with van der Waals surface area (Å²) in [5, 5.41) is 3.05. The van der Waals surface area contributed by atoms with Gasteiger partial charge in [0, 0.05) is 17.8 Å². The summed E-state index contributed by atoms with van der Waals surface area (Å²) in [6.45, 7) is 2.93. The summed E-state index contributed by atoms with van der Waals surface area (Å²) in [6.07, 6.45) is 4.12. The Morgan fingerprint density at radius 2 is 2.23 bits per heavy atom. The summed E-state index contributed by atoms with van der Waals surface area (Å²) in [5.74, 6) is 0. The first-order chi connectivity index (χ1) is 6.25. The Hall–Kier alpha value is -1.28. The molecule has 70 valence electrons. The van der Waals surface area contributed by atoms with E-state index in [1.807, 2.05) is 19.2 Å². The zero-order chi connectivity index (χ0) is 9.68. The number of nitrogens with one attached hydrogen (secondary N) is 1. The molecule has 13 heavy (non-hydrogen) atoms. The fourth-order valence-electron chi connectivity index (χ4n) is 1.23. The zero-order valence-electron chi connectivity index (χ0n) is 8.17. The molecule has 0 saturated carbocycles. The molecule has 2 nitrogen and oxygen atoms in total. The standard InChI is InChI=1S/C11H16N2/c1-9-5-3-7-11(12)10(9)6-4-8-13-2/h3-7,13H,8,12H2,1-2H3. The minimum absolute atomic E-state index is 0.840. The Kier molecular flexibility index (Phi) is 3.53. The number of aryl methyl sites for hydroxylation is 1. The van der Waals surface area contributed by atoms with Crippen molar-refractivity contribution in [3.63, 3.8) is 0 Å². The minimum Gasteiger partial charge on any atom is -0.398 e. The number of anilines is 1. The van der Waals surface area contributed by atoms with Gasteiger partial charge in [-0.05, 0) is 25.6 Å². The Bertz CT molecular complexity index is 283. The van der Waals surface area contributed by atoms with Gasteiger partial charge in [0.2, 0.25) is 0 Å². The van der Waals surface area contributed by atoms with Crippen LogP contribution in [0.25, 0.3) is 6.08 Å². The SMILES string of the molecule is CNCC=Cc1c(C)cccc1N. The number of hydrogen-bond acceptors (Lipinski definition) is 2. The predicted octanol–water partition coefficient (Wildman–Crippen LogP) is 1.81. The first-order valence-electron chi connectivity index (χ1n) is 4.42. The van der Waals surface area contributed by atoms with Gasteiger partial charge in [0.15, 0.2) is 0 Å².